The van der Waals surface area contributed by atoms with Gasteiger partial charge in [0.25, 0.3) is 0 Å². The lowest BCUT2D eigenvalue weighted by atomic mass is 10.2. The van der Waals surface area contributed by atoms with E-state index in [0.29, 0.717) is 19.4 Å². The third kappa shape index (κ3) is 6.92. The highest BCUT2D eigenvalue weighted by Crippen LogP contribution is 1.89. The Morgan fingerprint density at radius 2 is 2.17 bits per heavy atom. The Bertz CT molecular complexity index is 187. The lowest BCUT2D eigenvalue weighted by Crippen LogP contribution is -2.01. The number of ketones is 1. The normalized spacial score (nSPS) is 10.2. The number of aliphatic imine (C=N–C) groups is 1. The molecule has 0 fully saturated rings. The number of rotatable bonds is 5. The monoisotopic (exact) mass is 171 g/mol. The molecule has 0 amide bonds. The van der Waals surface area contributed by atoms with Crippen molar-refractivity contribution in [2.24, 2.45) is 4.99 Å². The highest BCUT2D eigenvalue weighted by molar-refractivity contribution is 6.23. The predicted octanol–water partition coefficient (Wildman–Crippen LogP) is 0.599. The van der Waals surface area contributed by atoms with E-state index in [2.05, 4.69) is 9.73 Å². The SMILES string of the molecule is COC(=O)/C=N\CCCC(C)=O. The van der Waals surface area contributed by atoms with E-state index in [1.807, 2.05) is 0 Å². The molecule has 0 saturated carbocycles. The minimum absolute atomic E-state index is 0.142. The summed E-state index contributed by atoms with van der Waals surface area (Å²) in [6.45, 7) is 2.03. The third-order valence-corrected chi connectivity index (χ3v) is 1.21. The molecule has 0 aliphatic heterocycles. The quantitative estimate of drug-likeness (QED) is 0.346. The Kier molecular flexibility index (Phi) is 5.87. The molecule has 68 valence electrons. The minimum Gasteiger partial charge on any atom is -0.465 e. The van der Waals surface area contributed by atoms with Gasteiger partial charge in [0.15, 0.2) is 0 Å². The van der Waals surface area contributed by atoms with Crippen LogP contribution in [0.15, 0.2) is 4.99 Å². The molecule has 0 radical (unpaired) electrons. The Morgan fingerprint density at radius 3 is 2.67 bits per heavy atom. The van der Waals surface area contributed by atoms with Gasteiger partial charge < -0.3 is 9.53 Å². The number of ether oxygens (including phenoxy) is 1. The first kappa shape index (κ1) is 10.8. The lowest BCUT2D eigenvalue weighted by Gasteiger charge is -1.91. The second-order valence-corrected chi connectivity index (χ2v) is 2.36. The molecule has 0 spiro atoms. The average Bonchev–Trinajstić information content (AvgIpc) is 2.03. The minimum atomic E-state index is -0.460. The van der Waals surface area contributed by atoms with Gasteiger partial charge in [-0.15, -0.1) is 0 Å². The van der Waals surface area contributed by atoms with Crippen LogP contribution in [0, 0.1) is 0 Å². The van der Waals surface area contributed by atoms with Gasteiger partial charge in [-0.2, -0.15) is 0 Å². The Labute approximate surface area is 71.6 Å². The summed E-state index contributed by atoms with van der Waals surface area (Å²) in [5, 5.41) is 0. The van der Waals surface area contributed by atoms with Gasteiger partial charge in [0.05, 0.1) is 7.11 Å². The van der Waals surface area contributed by atoms with E-state index in [-0.39, 0.29) is 5.78 Å². The van der Waals surface area contributed by atoms with E-state index in [4.69, 9.17) is 0 Å². The molecule has 0 atom stereocenters. The first-order valence-corrected chi connectivity index (χ1v) is 3.74. The molecule has 0 N–H and O–H groups in total. The molecule has 0 aliphatic rings. The number of esters is 1. The smallest absolute Gasteiger partial charge is 0.348 e. The highest BCUT2D eigenvalue weighted by atomic mass is 16.5. The molecular weight excluding hydrogens is 158 g/mol. The van der Waals surface area contributed by atoms with Crippen LogP contribution in [-0.4, -0.2) is 31.6 Å². The molecule has 0 aromatic heterocycles. The summed E-state index contributed by atoms with van der Waals surface area (Å²) in [7, 11) is 1.30. The number of carbonyl (C=O) groups is 2. The van der Waals surface area contributed by atoms with E-state index < -0.39 is 5.97 Å². The molecular formula is C8H13NO3. The molecule has 0 aliphatic carbocycles. The van der Waals surface area contributed by atoms with E-state index in [1.165, 1.54) is 14.0 Å². The number of carbonyl (C=O) groups excluding carboxylic acids is 2. The molecule has 4 heteroatoms. The summed E-state index contributed by atoms with van der Waals surface area (Å²) in [4.78, 5) is 24.7. The van der Waals surface area contributed by atoms with Crippen molar-refractivity contribution in [1.82, 2.24) is 0 Å². The van der Waals surface area contributed by atoms with Crippen LogP contribution >= 0.6 is 0 Å². The summed E-state index contributed by atoms with van der Waals surface area (Å²) >= 11 is 0. The molecule has 0 heterocycles. The van der Waals surface area contributed by atoms with Crippen molar-refractivity contribution in [3.05, 3.63) is 0 Å². The van der Waals surface area contributed by atoms with Crippen LogP contribution < -0.4 is 0 Å². The van der Waals surface area contributed by atoms with Crippen LogP contribution in [0.3, 0.4) is 0 Å². The average molecular weight is 171 g/mol. The molecule has 0 bridgehead atoms. The van der Waals surface area contributed by atoms with Crippen molar-refractivity contribution in [2.75, 3.05) is 13.7 Å². The topological polar surface area (TPSA) is 55.7 Å². The van der Waals surface area contributed by atoms with E-state index >= 15 is 0 Å². The first-order chi connectivity index (χ1) is 5.66. The summed E-state index contributed by atoms with van der Waals surface area (Å²) in [6.07, 6.45) is 2.32. The van der Waals surface area contributed by atoms with Gasteiger partial charge in [-0.1, -0.05) is 0 Å². The lowest BCUT2D eigenvalue weighted by molar-refractivity contribution is -0.132. The zero-order chi connectivity index (χ0) is 9.40. The second-order valence-electron chi connectivity index (χ2n) is 2.36. The zero-order valence-corrected chi connectivity index (χ0v) is 7.37. The number of nitrogens with zero attached hydrogens (tertiary/aromatic N) is 1. The summed E-state index contributed by atoms with van der Waals surface area (Å²) in [5.74, 6) is -0.318. The fourth-order valence-corrected chi connectivity index (χ4v) is 0.611. The molecule has 4 nitrogen and oxygen atoms in total. The van der Waals surface area contributed by atoms with Crippen LogP contribution in [0.5, 0.6) is 0 Å². The standard InChI is InChI=1S/C8H13NO3/c1-7(10)4-3-5-9-6-8(11)12-2/h6H,3-5H2,1-2H3/b9-6-. The number of methoxy groups -OCH3 is 1. The van der Waals surface area contributed by atoms with Crippen LogP contribution in [-0.2, 0) is 14.3 Å². The molecule has 0 rings (SSSR count). The van der Waals surface area contributed by atoms with Gasteiger partial charge >= 0.3 is 5.97 Å². The number of hydrogen-bond donors (Lipinski definition) is 0. The van der Waals surface area contributed by atoms with Crippen molar-refractivity contribution in [1.29, 1.82) is 0 Å². The van der Waals surface area contributed by atoms with Crippen LogP contribution in [0.2, 0.25) is 0 Å². The van der Waals surface area contributed by atoms with Crippen LogP contribution in [0.25, 0.3) is 0 Å². The van der Waals surface area contributed by atoms with Crippen molar-refractivity contribution >= 4 is 18.0 Å². The summed E-state index contributed by atoms with van der Waals surface area (Å²) in [6, 6.07) is 0. The second kappa shape index (κ2) is 6.52. The van der Waals surface area contributed by atoms with Gasteiger partial charge in [-0.3, -0.25) is 4.99 Å². The van der Waals surface area contributed by atoms with Gasteiger partial charge in [-0.25, -0.2) is 4.79 Å². The number of Topliss-reactive ketones (excluding diaryl/α,β-unsaturated/α-hetero) is 1. The largest absolute Gasteiger partial charge is 0.465 e. The molecule has 0 saturated heterocycles. The summed E-state index contributed by atoms with van der Waals surface area (Å²) in [5.41, 5.74) is 0. The highest BCUT2D eigenvalue weighted by Gasteiger charge is 1.93. The third-order valence-electron chi connectivity index (χ3n) is 1.21. The van der Waals surface area contributed by atoms with Gasteiger partial charge in [0.2, 0.25) is 0 Å². The van der Waals surface area contributed by atoms with Gasteiger partial charge in [-0.05, 0) is 13.3 Å². The van der Waals surface area contributed by atoms with E-state index in [9.17, 15) is 9.59 Å². The Morgan fingerprint density at radius 1 is 1.50 bits per heavy atom. The first-order valence-electron chi connectivity index (χ1n) is 3.74. The predicted molar refractivity (Wildman–Crippen MR) is 45.3 cm³/mol. The maximum Gasteiger partial charge on any atom is 0.348 e. The Balaban J connectivity index is 3.36. The fourth-order valence-electron chi connectivity index (χ4n) is 0.611. The van der Waals surface area contributed by atoms with E-state index in [0.717, 1.165) is 6.21 Å². The molecule has 12 heavy (non-hydrogen) atoms. The molecule has 0 aromatic rings. The van der Waals surface area contributed by atoms with Crippen molar-refractivity contribution in [3.63, 3.8) is 0 Å². The number of hydrogen-bond acceptors (Lipinski definition) is 4. The van der Waals surface area contributed by atoms with Crippen LogP contribution in [0.1, 0.15) is 19.8 Å². The zero-order valence-electron chi connectivity index (χ0n) is 7.37. The van der Waals surface area contributed by atoms with Gasteiger partial charge in [0.1, 0.15) is 12.0 Å². The van der Waals surface area contributed by atoms with Crippen molar-refractivity contribution in [2.45, 2.75) is 19.8 Å². The summed E-state index contributed by atoms with van der Waals surface area (Å²) < 4.78 is 4.32. The maximum atomic E-state index is 10.5. The molecule has 0 unspecified atom stereocenters. The maximum absolute atomic E-state index is 10.5. The van der Waals surface area contributed by atoms with Gasteiger partial charge in [0, 0.05) is 13.0 Å². The van der Waals surface area contributed by atoms with Crippen LogP contribution in [0.4, 0.5) is 0 Å². The molecule has 0 aromatic carbocycles. The van der Waals surface area contributed by atoms with Crippen molar-refractivity contribution < 1.29 is 14.3 Å². The van der Waals surface area contributed by atoms with E-state index in [1.54, 1.807) is 0 Å². The fraction of sp³-hybridized carbons (Fsp3) is 0.625. The van der Waals surface area contributed by atoms with Crippen molar-refractivity contribution in [3.8, 4) is 0 Å². The Hall–Kier alpha value is -1.19.